The van der Waals surface area contributed by atoms with E-state index in [1.54, 1.807) is 26.0 Å². The molecule has 1 amide bonds. The van der Waals surface area contributed by atoms with Gasteiger partial charge in [-0.3, -0.25) is 4.79 Å². The SMILES string of the molecule is CC(C)(CO)NC(=O)c1cc(N)c2ccccc2n1. The summed E-state index contributed by atoms with van der Waals surface area (Å²) in [6.45, 7) is 3.31. The van der Waals surface area contributed by atoms with Crippen LogP contribution >= 0.6 is 0 Å². The third-order valence-electron chi connectivity index (χ3n) is 2.83. The van der Waals surface area contributed by atoms with Gasteiger partial charge in [-0.25, -0.2) is 4.98 Å². The first kappa shape index (κ1) is 13.3. The van der Waals surface area contributed by atoms with E-state index in [2.05, 4.69) is 10.3 Å². The first-order chi connectivity index (χ1) is 8.93. The van der Waals surface area contributed by atoms with Gasteiger partial charge in [0.2, 0.25) is 0 Å². The van der Waals surface area contributed by atoms with Crippen molar-refractivity contribution in [3.8, 4) is 0 Å². The van der Waals surface area contributed by atoms with Crippen LogP contribution in [0.1, 0.15) is 24.3 Å². The van der Waals surface area contributed by atoms with E-state index in [1.165, 1.54) is 0 Å². The number of nitrogens with two attached hydrogens (primary N) is 1. The molecule has 0 saturated heterocycles. The van der Waals surface area contributed by atoms with E-state index in [0.29, 0.717) is 11.2 Å². The number of benzene rings is 1. The number of aliphatic hydroxyl groups excluding tert-OH is 1. The molecule has 0 aliphatic rings. The van der Waals surface area contributed by atoms with Gasteiger partial charge < -0.3 is 16.2 Å². The molecule has 1 aromatic carbocycles. The molecule has 0 unspecified atom stereocenters. The predicted octanol–water partition coefficient (Wildman–Crippen LogP) is 1.32. The van der Waals surface area contributed by atoms with Crippen molar-refractivity contribution in [1.82, 2.24) is 10.3 Å². The maximum atomic E-state index is 12.1. The number of nitrogens with zero attached hydrogens (tertiary/aromatic N) is 1. The number of pyridine rings is 1. The fourth-order valence-electron chi connectivity index (χ4n) is 1.73. The zero-order valence-corrected chi connectivity index (χ0v) is 11.0. The zero-order valence-electron chi connectivity index (χ0n) is 11.0. The number of para-hydroxylation sites is 1. The number of carbonyl (C=O) groups is 1. The third-order valence-corrected chi connectivity index (χ3v) is 2.83. The molecule has 5 nitrogen and oxygen atoms in total. The van der Waals surface area contributed by atoms with Crippen LogP contribution in [-0.4, -0.2) is 28.1 Å². The summed E-state index contributed by atoms with van der Waals surface area (Å²) in [5, 5.41) is 12.7. The Balaban J connectivity index is 2.38. The van der Waals surface area contributed by atoms with Crippen molar-refractivity contribution in [2.45, 2.75) is 19.4 Å². The second-order valence-electron chi connectivity index (χ2n) is 5.11. The summed E-state index contributed by atoms with van der Waals surface area (Å²) < 4.78 is 0. The lowest BCUT2D eigenvalue weighted by molar-refractivity contribution is 0.0864. The van der Waals surface area contributed by atoms with E-state index < -0.39 is 5.54 Å². The van der Waals surface area contributed by atoms with Crippen LogP contribution in [-0.2, 0) is 0 Å². The molecule has 0 aliphatic heterocycles. The number of fused-ring (bicyclic) bond motifs is 1. The van der Waals surface area contributed by atoms with Gasteiger partial charge in [-0.15, -0.1) is 0 Å². The van der Waals surface area contributed by atoms with E-state index in [1.807, 2.05) is 18.2 Å². The number of carbonyl (C=O) groups excluding carboxylic acids is 1. The summed E-state index contributed by atoms with van der Waals surface area (Å²) in [5.41, 5.74) is 6.66. The number of nitrogens with one attached hydrogen (secondary N) is 1. The average molecular weight is 259 g/mol. The summed E-state index contributed by atoms with van der Waals surface area (Å²) in [6, 6.07) is 8.92. The third kappa shape index (κ3) is 2.82. The highest BCUT2D eigenvalue weighted by molar-refractivity contribution is 5.99. The molecule has 2 rings (SSSR count). The number of hydrogen-bond donors (Lipinski definition) is 3. The zero-order chi connectivity index (χ0) is 14.0. The second kappa shape index (κ2) is 4.85. The van der Waals surface area contributed by atoms with Crippen molar-refractivity contribution in [1.29, 1.82) is 0 Å². The van der Waals surface area contributed by atoms with Crippen molar-refractivity contribution in [3.05, 3.63) is 36.0 Å². The summed E-state index contributed by atoms with van der Waals surface area (Å²) in [4.78, 5) is 16.4. The summed E-state index contributed by atoms with van der Waals surface area (Å²) >= 11 is 0. The second-order valence-corrected chi connectivity index (χ2v) is 5.11. The lowest BCUT2D eigenvalue weighted by Crippen LogP contribution is -2.46. The minimum absolute atomic E-state index is 0.151. The molecule has 0 aliphatic carbocycles. The van der Waals surface area contributed by atoms with Crippen LogP contribution < -0.4 is 11.1 Å². The first-order valence-electron chi connectivity index (χ1n) is 6.01. The van der Waals surface area contributed by atoms with Crippen LogP contribution in [0, 0.1) is 0 Å². The molecule has 0 saturated carbocycles. The minimum Gasteiger partial charge on any atom is -0.398 e. The molecule has 5 heteroatoms. The monoisotopic (exact) mass is 259 g/mol. The van der Waals surface area contributed by atoms with Gasteiger partial charge in [0.25, 0.3) is 5.91 Å². The maximum Gasteiger partial charge on any atom is 0.270 e. The fraction of sp³-hybridized carbons (Fsp3) is 0.286. The number of aromatic nitrogens is 1. The van der Waals surface area contributed by atoms with Gasteiger partial charge >= 0.3 is 0 Å². The van der Waals surface area contributed by atoms with Crippen LogP contribution in [0.2, 0.25) is 0 Å². The van der Waals surface area contributed by atoms with E-state index in [9.17, 15) is 4.79 Å². The lowest BCUT2D eigenvalue weighted by Gasteiger charge is -2.23. The average Bonchev–Trinajstić information content (AvgIpc) is 2.38. The van der Waals surface area contributed by atoms with Crippen LogP contribution in [0.3, 0.4) is 0 Å². The quantitative estimate of drug-likeness (QED) is 0.775. The Morgan fingerprint density at radius 3 is 2.79 bits per heavy atom. The van der Waals surface area contributed by atoms with Gasteiger partial charge in [0.1, 0.15) is 5.69 Å². The maximum absolute atomic E-state index is 12.1. The molecule has 0 atom stereocenters. The number of anilines is 1. The number of amides is 1. The summed E-state index contributed by atoms with van der Waals surface area (Å²) in [6.07, 6.45) is 0. The molecule has 1 heterocycles. The molecular weight excluding hydrogens is 242 g/mol. The van der Waals surface area contributed by atoms with Crippen LogP contribution in [0.4, 0.5) is 5.69 Å². The van der Waals surface area contributed by atoms with E-state index in [-0.39, 0.29) is 18.2 Å². The fourth-order valence-corrected chi connectivity index (χ4v) is 1.73. The van der Waals surface area contributed by atoms with Gasteiger partial charge in [0.15, 0.2) is 0 Å². The number of aliphatic hydroxyl groups is 1. The Kier molecular flexibility index (Phi) is 3.40. The number of nitrogen functional groups attached to an aromatic ring is 1. The van der Waals surface area contributed by atoms with Crippen LogP contribution in [0.15, 0.2) is 30.3 Å². The smallest absolute Gasteiger partial charge is 0.270 e. The predicted molar refractivity (Wildman–Crippen MR) is 74.8 cm³/mol. The highest BCUT2D eigenvalue weighted by Crippen LogP contribution is 2.20. The van der Waals surface area contributed by atoms with Crippen molar-refractivity contribution in [2.24, 2.45) is 0 Å². The van der Waals surface area contributed by atoms with Crippen LogP contribution in [0.5, 0.6) is 0 Å². The number of hydrogen-bond acceptors (Lipinski definition) is 4. The topological polar surface area (TPSA) is 88.2 Å². The summed E-state index contributed by atoms with van der Waals surface area (Å²) in [5.74, 6) is -0.350. The molecule has 4 N–H and O–H groups in total. The Hall–Kier alpha value is -2.14. The Morgan fingerprint density at radius 2 is 2.11 bits per heavy atom. The Morgan fingerprint density at radius 1 is 1.42 bits per heavy atom. The molecule has 1 aromatic heterocycles. The van der Waals surface area contributed by atoms with Crippen molar-refractivity contribution >= 4 is 22.5 Å². The number of rotatable bonds is 3. The molecule has 0 fully saturated rings. The van der Waals surface area contributed by atoms with Crippen molar-refractivity contribution in [3.63, 3.8) is 0 Å². The molecule has 0 bridgehead atoms. The highest BCUT2D eigenvalue weighted by atomic mass is 16.3. The molecule has 2 aromatic rings. The Labute approximate surface area is 111 Å². The van der Waals surface area contributed by atoms with Crippen LogP contribution in [0.25, 0.3) is 10.9 Å². The largest absolute Gasteiger partial charge is 0.398 e. The summed E-state index contributed by atoms with van der Waals surface area (Å²) in [7, 11) is 0. The minimum atomic E-state index is -0.695. The van der Waals surface area contributed by atoms with Gasteiger partial charge in [0.05, 0.1) is 17.7 Å². The lowest BCUT2D eigenvalue weighted by atomic mass is 10.1. The molecule has 19 heavy (non-hydrogen) atoms. The molecule has 0 radical (unpaired) electrons. The first-order valence-corrected chi connectivity index (χ1v) is 6.01. The van der Waals surface area contributed by atoms with Gasteiger partial charge in [-0.2, -0.15) is 0 Å². The molecule has 100 valence electrons. The van der Waals surface area contributed by atoms with Crippen molar-refractivity contribution < 1.29 is 9.90 Å². The highest BCUT2D eigenvalue weighted by Gasteiger charge is 2.21. The standard InChI is InChI=1S/C14H17N3O2/c1-14(2,8-18)17-13(19)12-7-10(15)9-5-3-4-6-11(9)16-12/h3-7,18H,8H2,1-2H3,(H2,15,16)(H,17,19). The normalized spacial score (nSPS) is 11.5. The van der Waals surface area contributed by atoms with E-state index in [4.69, 9.17) is 10.8 Å². The molecular formula is C14H17N3O2. The van der Waals surface area contributed by atoms with Crippen molar-refractivity contribution in [2.75, 3.05) is 12.3 Å². The molecule has 0 spiro atoms. The van der Waals surface area contributed by atoms with E-state index in [0.717, 1.165) is 5.39 Å². The van der Waals surface area contributed by atoms with Gasteiger partial charge in [-0.05, 0) is 26.0 Å². The van der Waals surface area contributed by atoms with E-state index >= 15 is 0 Å². The van der Waals surface area contributed by atoms with Gasteiger partial charge in [0, 0.05) is 11.1 Å². The van der Waals surface area contributed by atoms with Gasteiger partial charge in [-0.1, -0.05) is 18.2 Å². The Bertz CT molecular complexity index is 623.